The normalized spacial score (nSPS) is 39.0. The molecule has 5 heteroatoms. The number of nitrogens with zero attached hydrogens (tertiary/aromatic N) is 1. The summed E-state index contributed by atoms with van der Waals surface area (Å²) in [6.45, 7) is 1.12. The van der Waals surface area contributed by atoms with Gasteiger partial charge in [-0.05, 0) is 6.42 Å². The quantitative estimate of drug-likeness (QED) is 0.431. The second-order valence-corrected chi connectivity index (χ2v) is 3.00. The van der Waals surface area contributed by atoms with E-state index in [1.807, 2.05) is 0 Å². The summed E-state index contributed by atoms with van der Waals surface area (Å²) in [6, 6.07) is 0. The van der Waals surface area contributed by atoms with E-state index in [1.54, 1.807) is 0 Å². The van der Waals surface area contributed by atoms with Crippen molar-refractivity contribution in [3.63, 3.8) is 0 Å². The zero-order chi connectivity index (χ0) is 8.65. The van der Waals surface area contributed by atoms with Crippen molar-refractivity contribution in [3.05, 3.63) is 0 Å². The van der Waals surface area contributed by atoms with Crippen LogP contribution in [0.25, 0.3) is 0 Å². The molecule has 0 saturated carbocycles. The molecule has 4 nitrogen and oxygen atoms in total. The number of hydroxylamine groups is 2. The number of halogens is 1. The van der Waals surface area contributed by atoms with Gasteiger partial charge in [0.15, 0.2) is 0 Å². The third-order valence-corrected chi connectivity index (χ3v) is 2.02. The summed E-state index contributed by atoms with van der Waals surface area (Å²) in [7, 11) is 0. The smallest absolute Gasteiger partial charge is 0.249 e. The summed E-state index contributed by atoms with van der Waals surface area (Å²) in [5.41, 5.74) is 0. The van der Waals surface area contributed by atoms with Gasteiger partial charge in [0.2, 0.25) is 5.91 Å². The number of alkyl halides is 1. The lowest BCUT2D eigenvalue weighted by molar-refractivity contribution is -0.398. The molecule has 1 aliphatic heterocycles. The highest BCUT2D eigenvalue weighted by Gasteiger charge is 2.44. The number of hydrogen-bond donors (Lipinski definition) is 3. The van der Waals surface area contributed by atoms with E-state index < -0.39 is 18.0 Å². The minimum Gasteiger partial charge on any atom is -0.352 e. The van der Waals surface area contributed by atoms with E-state index >= 15 is 0 Å². The van der Waals surface area contributed by atoms with E-state index in [2.05, 4.69) is 0 Å². The van der Waals surface area contributed by atoms with Crippen LogP contribution in [0.3, 0.4) is 0 Å². The molecule has 2 atom stereocenters. The molecular formula is C6H12FNO3. The van der Waals surface area contributed by atoms with E-state index in [0.29, 0.717) is 0 Å². The highest BCUT2D eigenvalue weighted by Crippen LogP contribution is 2.28. The zero-order valence-electron chi connectivity index (χ0n) is 6.24. The van der Waals surface area contributed by atoms with Crippen molar-refractivity contribution in [2.24, 2.45) is 5.92 Å². The molecule has 3 N–H and O–H groups in total. The Morgan fingerprint density at radius 3 is 2.55 bits per heavy atom. The molecule has 1 saturated heterocycles. The summed E-state index contributed by atoms with van der Waals surface area (Å²) in [5.74, 6) is -2.96. The Labute approximate surface area is 63.8 Å². The van der Waals surface area contributed by atoms with Crippen LogP contribution in [-0.2, 0) is 0 Å². The monoisotopic (exact) mass is 165 g/mol. The van der Waals surface area contributed by atoms with Gasteiger partial charge >= 0.3 is 0 Å². The van der Waals surface area contributed by atoms with Crippen LogP contribution in [0.1, 0.15) is 13.3 Å². The second-order valence-electron chi connectivity index (χ2n) is 3.00. The Morgan fingerprint density at radius 2 is 2.09 bits per heavy atom. The number of rotatable bonds is 0. The average molecular weight is 165 g/mol. The van der Waals surface area contributed by atoms with Gasteiger partial charge < -0.3 is 15.4 Å². The van der Waals surface area contributed by atoms with E-state index in [-0.39, 0.29) is 18.0 Å². The van der Waals surface area contributed by atoms with Crippen molar-refractivity contribution < 1.29 is 19.8 Å². The first-order valence-electron chi connectivity index (χ1n) is 3.50. The highest BCUT2D eigenvalue weighted by atomic mass is 19.1. The summed E-state index contributed by atoms with van der Waals surface area (Å²) < 4.78 is 12.6. The minimum absolute atomic E-state index is 0.0596. The third-order valence-electron chi connectivity index (χ3n) is 2.02. The fourth-order valence-corrected chi connectivity index (χ4v) is 1.19. The number of piperidine rings is 1. The van der Waals surface area contributed by atoms with Crippen LogP contribution in [0, 0.1) is 5.92 Å². The molecular weight excluding hydrogens is 153 g/mol. The van der Waals surface area contributed by atoms with E-state index in [1.165, 1.54) is 6.92 Å². The van der Waals surface area contributed by atoms with Crippen molar-refractivity contribution >= 4 is 0 Å². The van der Waals surface area contributed by atoms with Gasteiger partial charge in [-0.3, -0.25) is 0 Å². The fourth-order valence-electron chi connectivity index (χ4n) is 1.19. The molecule has 1 aliphatic rings. The SMILES string of the molecule is CC1CC(F)CN(O)C1(O)O. The molecule has 1 fully saturated rings. The summed E-state index contributed by atoms with van der Waals surface area (Å²) in [6.07, 6.45) is -1.13. The van der Waals surface area contributed by atoms with Gasteiger partial charge in [-0.15, -0.1) is 5.06 Å². The lowest BCUT2D eigenvalue weighted by Gasteiger charge is -2.40. The third kappa shape index (κ3) is 1.51. The van der Waals surface area contributed by atoms with Crippen LogP contribution in [0.2, 0.25) is 0 Å². The van der Waals surface area contributed by atoms with E-state index in [0.717, 1.165) is 0 Å². The van der Waals surface area contributed by atoms with E-state index in [9.17, 15) is 4.39 Å². The van der Waals surface area contributed by atoms with Crippen LogP contribution in [-0.4, -0.2) is 39.1 Å². The first-order chi connectivity index (χ1) is 4.94. The average Bonchev–Trinajstić information content (AvgIpc) is 1.84. The van der Waals surface area contributed by atoms with Crippen LogP contribution in [0.15, 0.2) is 0 Å². The summed E-state index contributed by atoms with van der Waals surface area (Å²) in [4.78, 5) is 0. The maximum atomic E-state index is 12.6. The molecule has 0 aromatic heterocycles. The number of hydrogen-bond acceptors (Lipinski definition) is 4. The molecule has 11 heavy (non-hydrogen) atoms. The largest absolute Gasteiger partial charge is 0.352 e. The molecule has 0 amide bonds. The molecule has 0 spiro atoms. The Morgan fingerprint density at radius 1 is 1.55 bits per heavy atom. The predicted octanol–water partition coefficient (Wildman–Crippen LogP) is -0.306. The molecule has 1 rings (SSSR count). The topological polar surface area (TPSA) is 63.9 Å². The molecule has 0 aromatic rings. The Kier molecular flexibility index (Phi) is 2.15. The summed E-state index contributed by atoms with van der Waals surface area (Å²) >= 11 is 0. The van der Waals surface area contributed by atoms with Crippen LogP contribution in [0.5, 0.6) is 0 Å². The lowest BCUT2D eigenvalue weighted by Crippen LogP contribution is -2.58. The van der Waals surface area contributed by atoms with Gasteiger partial charge in [0.05, 0.1) is 6.54 Å². The maximum absolute atomic E-state index is 12.6. The lowest BCUT2D eigenvalue weighted by atomic mass is 9.96. The Hall–Kier alpha value is -0.230. The van der Waals surface area contributed by atoms with Gasteiger partial charge in [-0.25, -0.2) is 4.39 Å². The van der Waals surface area contributed by atoms with Gasteiger partial charge in [0.1, 0.15) is 6.17 Å². The summed E-state index contributed by atoms with van der Waals surface area (Å²) in [5, 5.41) is 27.3. The maximum Gasteiger partial charge on any atom is 0.249 e. The molecule has 0 radical (unpaired) electrons. The van der Waals surface area contributed by atoms with Gasteiger partial charge in [0, 0.05) is 5.92 Å². The van der Waals surface area contributed by atoms with Crippen LogP contribution < -0.4 is 0 Å². The van der Waals surface area contributed by atoms with Crippen molar-refractivity contribution in [3.8, 4) is 0 Å². The molecule has 2 unspecified atom stereocenters. The standard InChI is InChI=1S/C6H12FNO3/c1-4-2-5(7)3-8(11)6(4,9)10/h4-5,9-11H,2-3H2,1H3. The first kappa shape index (κ1) is 8.86. The Bertz CT molecular complexity index is 139. The highest BCUT2D eigenvalue weighted by molar-refractivity contribution is 4.80. The number of aliphatic hydroxyl groups is 2. The minimum atomic E-state index is -2.28. The molecule has 0 bridgehead atoms. The zero-order valence-corrected chi connectivity index (χ0v) is 6.24. The van der Waals surface area contributed by atoms with Gasteiger partial charge in [-0.1, -0.05) is 6.92 Å². The fraction of sp³-hybridized carbons (Fsp3) is 1.00. The predicted molar refractivity (Wildman–Crippen MR) is 34.3 cm³/mol. The van der Waals surface area contributed by atoms with E-state index in [4.69, 9.17) is 15.4 Å². The van der Waals surface area contributed by atoms with Crippen molar-refractivity contribution in [2.45, 2.75) is 25.4 Å². The first-order valence-corrected chi connectivity index (χ1v) is 3.50. The van der Waals surface area contributed by atoms with Crippen LogP contribution in [0.4, 0.5) is 4.39 Å². The van der Waals surface area contributed by atoms with Crippen molar-refractivity contribution in [1.82, 2.24) is 5.06 Å². The van der Waals surface area contributed by atoms with Crippen LogP contribution >= 0.6 is 0 Å². The van der Waals surface area contributed by atoms with Gasteiger partial charge in [-0.2, -0.15) is 0 Å². The van der Waals surface area contributed by atoms with Gasteiger partial charge in [0.25, 0.3) is 0 Å². The molecule has 1 heterocycles. The molecule has 66 valence electrons. The second kappa shape index (κ2) is 2.67. The molecule has 0 aromatic carbocycles. The Balaban J connectivity index is 2.67. The molecule has 0 aliphatic carbocycles. The van der Waals surface area contributed by atoms with Crippen molar-refractivity contribution in [2.75, 3.05) is 6.54 Å². The van der Waals surface area contributed by atoms with Crippen molar-refractivity contribution in [1.29, 1.82) is 0 Å².